The van der Waals surface area contributed by atoms with Crippen LogP contribution in [0.2, 0.25) is 0 Å². The molecule has 1 unspecified atom stereocenters. The highest BCUT2D eigenvalue weighted by Gasteiger charge is 2.27. The minimum atomic E-state index is -0.720. The fourth-order valence-corrected chi connectivity index (χ4v) is 1.89. The molecule has 0 heterocycles. The summed E-state index contributed by atoms with van der Waals surface area (Å²) in [5.74, 6) is -1.52. The maximum atomic E-state index is 12.1. The van der Waals surface area contributed by atoms with Gasteiger partial charge in [0, 0.05) is 0 Å². The lowest BCUT2D eigenvalue weighted by atomic mass is 9.90. The third-order valence-corrected chi connectivity index (χ3v) is 2.84. The van der Waals surface area contributed by atoms with E-state index < -0.39 is 11.8 Å². The summed E-state index contributed by atoms with van der Waals surface area (Å²) >= 11 is 0. The van der Waals surface area contributed by atoms with Gasteiger partial charge in [-0.1, -0.05) is 50.1 Å². The Kier molecular flexibility index (Phi) is 6.12. The van der Waals surface area contributed by atoms with E-state index in [4.69, 9.17) is 4.74 Å². The monoisotopic (exact) mass is 248 g/mol. The van der Waals surface area contributed by atoms with Crippen molar-refractivity contribution >= 4 is 11.8 Å². The Morgan fingerprint density at radius 1 is 1.17 bits per heavy atom. The van der Waals surface area contributed by atoms with Crippen LogP contribution >= 0.6 is 0 Å². The van der Waals surface area contributed by atoms with Crippen molar-refractivity contribution in [1.82, 2.24) is 0 Å². The number of carbonyl (C=O) groups is 2. The summed E-state index contributed by atoms with van der Waals surface area (Å²) in [4.78, 5) is 23.6. The number of ketones is 1. The van der Waals surface area contributed by atoms with Crippen molar-refractivity contribution in [3.05, 3.63) is 35.9 Å². The molecule has 0 saturated heterocycles. The number of esters is 1. The van der Waals surface area contributed by atoms with Crippen LogP contribution in [0.15, 0.2) is 30.3 Å². The number of unbranched alkanes of at least 4 members (excludes halogenated alkanes) is 1. The molecule has 3 nitrogen and oxygen atoms in total. The number of Topliss-reactive ketones (excluding diaryl/α,β-unsaturated/α-hetero) is 1. The Morgan fingerprint density at radius 2 is 1.83 bits per heavy atom. The van der Waals surface area contributed by atoms with E-state index in [1.807, 2.05) is 30.3 Å². The van der Waals surface area contributed by atoms with Gasteiger partial charge in [-0.05, 0) is 18.9 Å². The van der Waals surface area contributed by atoms with Gasteiger partial charge in [0.15, 0.2) is 0 Å². The van der Waals surface area contributed by atoms with Crippen molar-refractivity contribution < 1.29 is 14.3 Å². The molecule has 0 N–H and O–H groups in total. The Bertz CT molecular complexity index is 384. The lowest BCUT2D eigenvalue weighted by molar-refractivity contribution is -0.154. The van der Waals surface area contributed by atoms with Gasteiger partial charge in [0.05, 0.1) is 12.5 Å². The second-order valence-electron chi connectivity index (χ2n) is 4.19. The van der Waals surface area contributed by atoms with E-state index in [1.54, 1.807) is 6.92 Å². The van der Waals surface area contributed by atoms with Crippen LogP contribution in [0.4, 0.5) is 0 Å². The fourth-order valence-electron chi connectivity index (χ4n) is 1.89. The second kappa shape index (κ2) is 7.64. The summed E-state index contributed by atoms with van der Waals surface area (Å²) in [6, 6.07) is 9.43. The quantitative estimate of drug-likeness (QED) is 0.550. The molecule has 1 aromatic carbocycles. The maximum absolute atomic E-state index is 12.1. The van der Waals surface area contributed by atoms with Gasteiger partial charge in [-0.15, -0.1) is 0 Å². The molecule has 0 aliphatic carbocycles. The van der Waals surface area contributed by atoms with Gasteiger partial charge in [-0.25, -0.2) is 4.79 Å². The molecule has 0 spiro atoms. The molecule has 0 amide bonds. The first kappa shape index (κ1) is 14.4. The molecular weight excluding hydrogens is 228 g/mol. The molecule has 0 radical (unpaired) electrons. The van der Waals surface area contributed by atoms with Crippen molar-refractivity contribution in [2.45, 2.75) is 39.0 Å². The number of ether oxygens (including phenoxy) is 1. The van der Waals surface area contributed by atoms with E-state index in [1.165, 1.54) is 0 Å². The Balaban J connectivity index is 2.84. The van der Waals surface area contributed by atoms with Crippen LogP contribution in [0.5, 0.6) is 0 Å². The van der Waals surface area contributed by atoms with Crippen molar-refractivity contribution in [3.8, 4) is 0 Å². The van der Waals surface area contributed by atoms with E-state index in [2.05, 4.69) is 6.92 Å². The van der Waals surface area contributed by atoms with Crippen LogP contribution in [0.1, 0.15) is 44.6 Å². The van der Waals surface area contributed by atoms with E-state index >= 15 is 0 Å². The molecule has 1 aromatic rings. The minimum Gasteiger partial charge on any atom is -0.460 e. The first-order valence-corrected chi connectivity index (χ1v) is 6.46. The summed E-state index contributed by atoms with van der Waals surface area (Å²) < 4.78 is 4.80. The van der Waals surface area contributed by atoms with Gasteiger partial charge in [-0.3, -0.25) is 4.79 Å². The smallest absolute Gasteiger partial charge is 0.375 e. The fraction of sp³-hybridized carbons (Fsp3) is 0.467. The number of benzene rings is 1. The molecular formula is C15H20O3. The van der Waals surface area contributed by atoms with Crippen LogP contribution < -0.4 is 0 Å². The third-order valence-electron chi connectivity index (χ3n) is 2.84. The highest BCUT2D eigenvalue weighted by Crippen LogP contribution is 2.23. The van der Waals surface area contributed by atoms with E-state index in [0.717, 1.165) is 18.4 Å². The zero-order valence-corrected chi connectivity index (χ0v) is 11.0. The summed E-state index contributed by atoms with van der Waals surface area (Å²) in [6.07, 6.45) is 2.61. The van der Waals surface area contributed by atoms with Gasteiger partial charge in [0.25, 0.3) is 0 Å². The lowest BCUT2D eigenvalue weighted by Gasteiger charge is -2.14. The van der Waals surface area contributed by atoms with Crippen LogP contribution in [-0.4, -0.2) is 18.4 Å². The molecule has 98 valence electrons. The number of hydrogen-bond acceptors (Lipinski definition) is 3. The average Bonchev–Trinajstić information content (AvgIpc) is 2.40. The Morgan fingerprint density at radius 3 is 2.39 bits per heavy atom. The average molecular weight is 248 g/mol. The van der Waals surface area contributed by atoms with E-state index in [0.29, 0.717) is 6.42 Å². The van der Waals surface area contributed by atoms with Crippen molar-refractivity contribution in [2.24, 2.45) is 0 Å². The third kappa shape index (κ3) is 3.99. The van der Waals surface area contributed by atoms with Crippen LogP contribution in [-0.2, 0) is 14.3 Å². The topological polar surface area (TPSA) is 43.4 Å². The van der Waals surface area contributed by atoms with E-state index in [-0.39, 0.29) is 12.5 Å². The van der Waals surface area contributed by atoms with Crippen LogP contribution in [0, 0.1) is 0 Å². The molecule has 0 aliphatic rings. The molecule has 3 heteroatoms. The van der Waals surface area contributed by atoms with Gasteiger partial charge in [0.1, 0.15) is 0 Å². The van der Waals surface area contributed by atoms with Gasteiger partial charge >= 0.3 is 5.97 Å². The molecule has 0 bridgehead atoms. The zero-order chi connectivity index (χ0) is 13.4. The summed E-state index contributed by atoms with van der Waals surface area (Å²) in [5, 5.41) is 0. The second-order valence-corrected chi connectivity index (χ2v) is 4.19. The molecule has 0 aliphatic heterocycles. The molecule has 1 atom stereocenters. The molecule has 1 rings (SSSR count). The summed E-state index contributed by atoms with van der Waals surface area (Å²) in [7, 11) is 0. The molecule has 18 heavy (non-hydrogen) atoms. The lowest BCUT2D eigenvalue weighted by Crippen LogP contribution is -2.24. The predicted molar refractivity (Wildman–Crippen MR) is 70.3 cm³/mol. The van der Waals surface area contributed by atoms with E-state index in [9.17, 15) is 9.59 Å². The highest BCUT2D eigenvalue weighted by atomic mass is 16.5. The molecule has 0 saturated carbocycles. The van der Waals surface area contributed by atoms with Gasteiger partial charge in [0.2, 0.25) is 5.78 Å². The Labute approximate surface area is 108 Å². The highest BCUT2D eigenvalue weighted by molar-refractivity contribution is 6.35. The number of carbonyl (C=O) groups excluding carboxylic acids is 2. The maximum Gasteiger partial charge on any atom is 0.375 e. The van der Waals surface area contributed by atoms with Gasteiger partial charge < -0.3 is 4.74 Å². The Hall–Kier alpha value is -1.64. The normalized spacial score (nSPS) is 11.9. The first-order valence-electron chi connectivity index (χ1n) is 6.46. The van der Waals surface area contributed by atoms with Crippen molar-refractivity contribution in [1.29, 1.82) is 0 Å². The summed E-state index contributed by atoms with van der Waals surface area (Å²) in [5.41, 5.74) is 0.893. The van der Waals surface area contributed by atoms with Gasteiger partial charge in [-0.2, -0.15) is 0 Å². The summed E-state index contributed by atoms with van der Waals surface area (Å²) in [6.45, 7) is 4.01. The predicted octanol–water partition coefficient (Wildman–Crippen LogP) is 3.09. The molecule has 0 aromatic heterocycles. The first-order chi connectivity index (χ1) is 8.70. The largest absolute Gasteiger partial charge is 0.460 e. The SMILES string of the molecule is CCCCC(C(=O)C(=O)OCC)c1ccccc1. The van der Waals surface area contributed by atoms with Crippen LogP contribution in [0.25, 0.3) is 0 Å². The zero-order valence-electron chi connectivity index (χ0n) is 11.0. The number of rotatable bonds is 7. The van der Waals surface area contributed by atoms with Crippen molar-refractivity contribution in [2.75, 3.05) is 6.61 Å². The number of hydrogen-bond donors (Lipinski definition) is 0. The molecule has 0 fully saturated rings. The van der Waals surface area contributed by atoms with Crippen molar-refractivity contribution in [3.63, 3.8) is 0 Å². The standard InChI is InChI=1S/C15H20O3/c1-3-5-11-13(12-9-7-6-8-10-12)14(16)15(17)18-4-2/h6-10,13H,3-5,11H2,1-2H3. The minimum absolute atomic E-state index is 0.236. The van der Waals surface area contributed by atoms with Crippen LogP contribution in [0.3, 0.4) is 0 Å².